The SMILES string of the molecule is CC(NC(=O)NC1CCC1)c1cccc(Br)c1. The summed E-state index contributed by atoms with van der Waals surface area (Å²) >= 11 is 3.43. The highest BCUT2D eigenvalue weighted by Crippen LogP contribution is 2.19. The molecule has 1 atom stereocenters. The normalized spacial score (nSPS) is 17.1. The summed E-state index contributed by atoms with van der Waals surface area (Å²) in [6.07, 6.45) is 3.45. The minimum absolute atomic E-state index is 0.0209. The Labute approximate surface area is 110 Å². The van der Waals surface area contributed by atoms with Crippen LogP contribution in [0, 0.1) is 0 Å². The molecule has 0 bridgehead atoms. The van der Waals surface area contributed by atoms with Gasteiger partial charge in [0.2, 0.25) is 0 Å². The minimum Gasteiger partial charge on any atom is -0.335 e. The van der Waals surface area contributed by atoms with Crippen LogP contribution in [0.2, 0.25) is 0 Å². The molecular weight excluding hydrogens is 280 g/mol. The van der Waals surface area contributed by atoms with Gasteiger partial charge in [0, 0.05) is 10.5 Å². The van der Waals surface area contributed by atoms with Gasteiger partial charge in [-0.1, -0.05) is 28.1 Å². The van der Waals surface area contributed by atoms with E-state index in [1.54, 1.807) is 0 Å². The summed E-state index contributed by atoms with van der Waals surface area (Å²) in [5.74, 6) is 0. The Morgan fingerprint density at radius 2 is 2.24 bits per heavy atom. The number of carbonyl (C=O) groups is 1. The van der Waals surface area contributed by atoms with Gasteiger partial charge in [-0.25, -0.2) is 4.79 Å². The fraction of sp³-hybridized carbons (Fsp3) is 0.462. The monoisotopic (exact) mass is 296 g/mol. The van der Waals surface area contributed by atoms with Crippen molar-refractivity contribution in [1.29, 1.82) is 0 Å². The summed E-state index contributed by atoms with van der Waals surface area (Å²) in [4.78, 5) is 11.7. The molecule has 1 unspecified atom stereocenters. The lowest BCUT2D eigenvalue weighted by atomic mass is 9.93. The maximum absolute atomic E-state index is 11.7. The molecule has 0 aromatic heterocycles. The number of amides is 2. The van der Waals surface area contributed by atoms with Gasteiger partial charge in [-0.15, -0.1) is 0 Å². The van der Waals surface area contributed by atoms with Crippen molar-refractivity contribution in [3.8, 4) is 0 Å². The van der Waals surface area contributed by atoms with Crippen molar-refractivity contribution in [2.24, 2.45) is 0 Å². The number of hydrogen-bond donors (Lipinski definition) is 2. The first kappa shape index (κ1) is 12.4. The molecule has 0 heterocycles. The Morgan fingerprint density at radius 1 is 1.47 bits per heavy atom. The van der Waals surface area contributed by atoms with Gasteiger partial charge in [0.25, 0.3) is 0 Å². The van der Waals surface area contributed by atoms with Crippen LogP contribution in [0.3, 0.4) is 0 Å². The molecule has 1 aliphatic carbocycles. The minimum atomic E-state index is -0.0674. The molecule has 4 heteroatoms. The quantitative estimate of drug-likeness (QED) is 0.882. The van der Waals surface area contributed by atoms with Crippen molar-refractivity contribution in [1.82, 2.24) is 10.6 Å². The lowest BCUT2D eigenvalue weighted by Gasteiger charge is -2.27. The number of benzene rings is 1. The Kier molecular flexibility index (Phi) is 4.05. The Hall–Kier alpha value is -1.03. The molecular formula is C13H17BrN2O. The molecule has 0 aliphatic heterocycles. The fourth-order valence-electron chi connectivity index (χ4n) is 1.84. The van der Waals surface area contributed by atoms with Crippen LogP contribution in [0.4, 0.5) is 4.79 Å². The van der Waals surface area contributed by atoms with Crippen LogP contribution in [0.5, 0.6) is 0 Å². The second-order valence-electron chi connectivity index (χ2n) is 4.52. The highest BCUT2D eigenvalue weighted by atomic mass is 79.9. The Balaban J connectivity index is 1.87. The molecule has 17 heavy (non-hydrogen) atoms. The number of rotatable bonds is 3. The first-order valence-electron chi connectivity index (χ1n) is 5.97. The summed E-state index contributed by atoms with van der Waals surface area (Å²) < 4.78 is 1.03. The van der Waals surface area contributed by atoms with E-state index in [0.717, 1.165) is 22.9 Å². The summed E-state index contributed by atoms with van der Waals surface area (Å²) in [6, 6.07) is 8.32. The molecule has 1 fully saturated rings. The highest BCUT2D eigenvalue weighted by Gasteiger charge is 2.20. The van der Waals surface area contributed by atoms with Crippen LogP contribution in [0.1, 0.15) is 37.8 Å². The van der Waals surface area contributed by atoms with Crippen LogP contribution in [0.15, 0.2) is 28.7 Å². The van der Waals surface area contributed by atoms with Gasteiger partial charge in [-0.05, 0) is 43.9 Å². The van der Waals surface area contributed by atoms with Crippen molar-refractivity contribution >= 4 is 22.0 Å². The van der Waals surface area contributed by atoms with Gasteiger partial charge in [-0.3, -0.25) is 0 Å². The van der Waals surface area contributed by atoms with E-state index in [2.05, 4.69) is 26.6 Å². The average molecular weight is 297 g/mol. The molecule has 1 saturated carbocycles. The number of halogens is 1. The van der Waals surface area contributed by atoms with Crippen molar-refractivity contribution in [2.75, 3.05) is 0 Å². The average Bonchev–Trinajstić information content (AvgIpc) is 2.23. The summed E-state index contributed by atoms with van der Waals surface area (Å²) in [5.41, 5.74) is 1.10. The van der Waals surface area contributed by atoms with E-state index in [1.807, 2.05) is 31.2 Å². The van der Waals surface area contributed by atoms with Gasteiger partial charge >= 0.3 is 6.03 Å². The van der Waals surface area contributed by atoms with E-state index >= 15 is 0 Å². The molecule has 0 saturated heterocycles. The predicted octanol–water partition coefficient (Wildman–Crippen LogP) is 3.36. The van der Waals surface area contributed by atoms with E-state index < -0.39 is 0 Å². The molecule has 1 aromatic carbocycles. The van der Waals surface area contributed by atoms with E-state index in [0.29, 0.717) is 6.04 Å². The van der Waals surface area contributed by atoms with Gasteiger partial charge in [0.05, 0.1) is 6.04 Å². The van der Waals surface area contributed by atoms with Crippen molar-refractivity contribution < 1.29 is 4.79 Å². The molecule has 3 nitrogen and oxygen atoms in total. The maximum Gasteiger partial charge on any atom is 0.315 e. The molecule has 2 amide bonds. The number of urea groups is 1. The second kappa shape index (κ2) is 5.54. The van der Waals surface area contributed by atoms with E-state index in [1.165, 1.54) is 6.42 Å². The molecule has 2 rings (SSSR count). The number of nitrogens with one attached hydrogen (secondary N) is 2. The molecule has 2 N–H and O–H groups in total. The highest BCUT2D eigenvalue weighted by molar-refractivity contribution is 9.10. The smallest absolute Gasteiger partial charge is 0.315 e. The zero-order valence-corrected chi connectivity index (χ0v) is 11.5. The van der Waals surface area contributed by atoms with Gasteiger partial charge in [0.1, 0.15) is 0 Å². The standard InChI is InChI=1S/C13H17BrN2O/c1-9(10-4-2-5-11(14)8-10)15-13(17)16-12-6-3-7-12/h2,4-5,8-9,12H,3,6-7H2,1H3,(H2,15,16,17). The Morgan fingerprint density at radius 3 is 2.82 bits per heavy atom. The zero-order valence-electron chi connectivity index (χ0n) is 9.87. The third-order valence-electron chi connectivity index (χ3n) is 3.14. The van der Waals surface area contributed by atoms with Crippen LogP contribution in [-0.4, -0.2) is 12.1 Å². The third-order valence-corrected chi connectivity index (χ3v) is 3.63. The first-order valence-corrected chi connectivity index (χ1v) is 6.77. The first-order chi connectivity index (χ1) is 8.15. The largest absolute Gasteiger partial charge is 0.335 e. The van der Waals surface area contributed by atoms with E-state index in [9.17, 15) is 4.79 Å². The maximum atomic E-state index is 11.7. The van der Waals surface area contributed by atoms with Crippen molar-refractivity contribution in [3.63, 3.8) is 0 Å². The number of hydrogen-bond acceptors (Lipinski definition) is 1. The lowest BCUT2D eigenvalue weighted by molar-refractivity contribution is 0.225. The fourth-order valence-corrected chi connectivity index (χ4v) is 2.25. The molecule has 1 aliphatic rings. The van der Waals surface area contributed by atoms with E-state index in [-0.39, 0.29) is 12.1 Å². The van der Waals surface area contributed by atoms with Crippen molar-refractivity contribution in [2.45, 2.75) is 38.3 Å². The summed E-state index contributed by atoms with van der Waals surface area (Å²) in [6.45, 7) is 1.99. The topological polar surface area (TPSA) is 41.1 Å². The molecule has 1 aromatic rings. The third kappa shape index (κ3) is 3.46. The Bertz CT molecular complexity index is 404. The summed E-state index contributed by atoms with van der Waals surface area (Å²) in [7, 11) is 0. The van der Waals surface area contributed by atoms with Crippen LogP contribution >= 0.6 is 15.9 Å². The molecule has 0 radical (unpaired) electrons. The lowest BCUT2D eigenvalue weighted by Crippen LogP contribution is -2.45. The van der Waals surface area contributed by atoms with Crippen LogP contribution in [0.25, 0.3) is 0 Å². The van der Waals surface area contributed by atoms with Crippen LogP contribution in [-0.2, 0) is 0 Å². The van der Waals surface area contributed by atoms with Gasteiger partial charge in [0.15, 0.2) is 0 Å². The summed E-state index contributed by atoms with van der Waals surface area (Å²) in [5, 5.41) is 5.92. The van der Waals surface area contributed by atoms with Crippen LogP contribution < -0.4 is 10.6 Å². The van der Waals surface area contributed by atoms with E-state index in [4.69, 9.17) is 0 Å². The molecule has 0 spiro atoms. The van der Waals surface area contributed by atoms with Gasteiger partial charge < -0.3 is 10.6 Å². The zero-order chi connectivity index (χ0) is 12.3. The van der Waals surface area contributed by atoms with Crippen molar-refractivity contribution in [3.05, 3.63) is 34.3 Å². The number of carbonyl (C=O) groups excluding carboxylic acids is 1. The van der Waals surface area contributed by atoms with Gasteiger partial charge in [-0.2, -0.15) is 0 Å². The molecule has 92 valence electrons. The predicted molar refractivity (Wildman–Crippen MR) is 71.9 cm³/mol. The second-order valence-corrected chi connectivity index (χ2v) is 5.44.